The lowest BCUT2D eigenvalue weighted by Gasteiger charge is -2.17. The van der Waals surface area contributed by atoms with E-state index in [1.807, 2.05) is 24.3 Å². The second kappa shape index (κ2) is 6.60. The fourth-order valence-electron chi connectivity index (χ4n) is 2.63. The van der Waals surface area contributed by atoms with Crippen molar-refractivity contribution in [2.24, 2.45) is 0 Å². The number of fused-ring (bicyclic) bond motifs is 1. The molecule has 0 unspecified atom stereocenters. The minimum atomic E-state index is -0.0620. The van der Waals surface area contributed by atoms with Crippen molar-refractivity contribution in [2.75, 3.05) is 0 Å². The van der Waals surface area contributed by atoms with E-state index in [0.29, 0.717) is 0 Å². The number of carbonyl (C=O) groups excluding carboxylic acids is 1. The highest BCUT2D eigenvalue weighted by Crippen LogP contribution is 2.17. The van der Waals surface area contributed by atoms with Crippen LogP contribution in [0.25, 0.3) is 11.0 Å². The number of hydrogen-bond acceptors (Lipinski definition) is 3. The van der Waals surface area contributed by atoms with Crippen molar-refractivity contribution >= 4 is 16.9 Å². The molecule has 118 valence electrons. The van der Waals surface area contributed by atoms with Crippen LogP contribution < -0.4 is 5.32 Å². The second-order valence-electron chi connectivity index (χ2n) is 5.67. The van der Waals surface area contributed by atoms with Crippen LogP contribution in [0.4, 0.5) is 0 Å². The summed E-state index contributed by atoms with van der Waals surface area (Å²) < 4.78 is 1.63. The Balaban J connectivity index is 1.71. The smallest absolute Gasteiger partial charge is 0.242 e. The highest BCUT2D eigenvalue weighted by atomic mass is 16.2. The van der Waals surface area contributed by atoms with Crippen molar-refractivity contribution in [1.29, 1.82) is 0 Å². The predicted octanol–water partition coefficient (Wildman–Crippen LogP) is 3.01. The maximum atomic E-state index is 12.4. The number of benzene rings is 2. The lowest BCUT2D eigenvalue weighted by Crippen LogP contribution is -2.31. The lowest BCUT2D eigenvalue weighted by molar-refractivity contribution is -0.122. The van der Waals surface area contributed by atoms with Gasteiger partial charge in [-0.2, -0.15) is 0 Å². The Bertz CT molecular complexity index is 807. The van der Waals surface area contributed by atoms with Crippen LogP contribution in [-0.2, 0) is 11.3 Å². The topological polar surface area (TPSA) is 59.8 Å². The minimum Gasteiger partial charge on any atom is -0.348 e. The number of carbonyl (C=O) groups is 1. The summed E-state index contributed by atoms with van der Waals surface area (Å²) in [6, 6.07) is 15.9. The molecule has 3 aromatic rings. The van der Waals surface area contributed by atoms with Gasteiger partial charge < -0.3 is 5.32 Å². The van der Waals surface area contributed by atoms with Gasteiger partial charge in [0.25, 0.3) is 0 Å². The summed E-state index contributed by atoms with van der Waals surface area (Å²) >= 11 is 0. The summed E-state index contributed by atoms with van der Waals surface area (Å²) in [4.78, 5) is 12.4. The molecule has 0 spiro atoms. The van der Waals surface area contributed by atoms with Crippen LogP contribution in [0.15, 0.2) is 48.5 Å². The lowest BCUT2D eigenvalue weighted by atomic mass is 10.0. The molecule has 1 atom stereocenters. The number of nitrogens with zero attached hydrogens (tertiary/aromatic N) is 3. The summed E-state index contributed by atoms with van der Waals surface area (Å²) in [6.45, 7) is 4.29. The molecule has 0 radical (unpaired) electrons. The van der Waals surface area contributed by atoms with Gasteiger partial charge in [0.05, 0.1) is 11.6 Å². The number of aromatic nitrogens is 3. The van der Waals surface area contributed by atoms with Gasteiger partial charge in [0, 0.05) is 0 Å². The first-order valence-corrected chi connectivity index (χ1v) is 7.81. The summed E-state index contributed by atoms with van der Waals surface area (Å²) in [6.07, 6.45) is 0.840. The standard InChI is InChI=1S/C18H20N4O/c1-3-15(14-10-8-13(2)9-11-14)19-18(23)12-22-17-7-5-4-6-16(17)20-21-22/h4-11,15H,3,12H2,1-2H3,(H,19,23)/t15-/m0/s1. The van der Waals surface area contributed by atoms with Crippen molar-refractivity contribution in [1.82, 2.24) is 20.3 Å². The third-order valence-corrected chi connectivity index (χ3v) is 3.94. The number of amides is 1. The first-order chi connectivity index (χ1) is 11.2. The molecule has 0 saturated heterocycles. The first-order valence-electron chi connectivity index (χ1n) is 7.81. The van der Waals surface area contributed by atoms with E-state index < -0.39 is 0 Å². The van der Waals surface area contributed by atoms with E-state index in [2.05, 4.69) is 53.7 Å². The maximum absolute atomic E-state index is 12.4. The van der Waals surface area contributed by atoms with Gasteiger partial charge in [-0.1, -0.05) is 54.1 Å². The predicted molar refractivity (Wildman–Crippen MR) is 89.9 cm³/mol. The Morgan fingerprint density at radius 1 is 1.17 bits per heavy atom. The van der Waals surface area contributed by atoms with Crippen molar-refractivity contribution in [2.45, 2.75) is 32.9 Å². The Hall–Kier alpha value is -2.69. The van der Waals surface area contributed by atoms with Crippen molar-refractivity contribution in [3.63, 3.8) is 0 Å². The molecule has 1 heterocycles. The Morgan fingerprint density at radius 2 is 1.91 bits per heavy atom. The average molecular weight is 308 g/mol. The first kappa shape index (κ1) is 15.2. The second-order valence-corrected chi connectivity index (χ2v) is 5.67. The number of hydrogen-bond donors (Lipinski definition) is 1. The molecule has 2 aromatic carbocycles. The highest BCUT2D eigenvalue weighted by Gasteiger charge is 2.14. The van der Waals surface area contributed by atoms with Crippen LogP contribution in [0.2, 0.25) is 0 Å². The molecule has 23 heavy (non-hydrogen) atoms. The molecule has 0 bridgehead atoms. The van der Waals surface area contributed by atoms with E-state index in [1.54, 1.807) is 4.68 Å². The van der Waals surface area contributed by atoms with Crippen LogP contribution in [0, 0.1) is 6.92 Å². The van der Waals surface area contributed by atoms with Gasteiger partial charge in [0.1, 0.15) is 12.1 Å². The summed E-state index contributed by atoms with van der Waals surface area (Å²) in [7, 11) is 0. The molecular formula is C18H20N4O. The Labute approximate surface area is 135 Å². The van der Waals surface area contributed by atoms with Gasteiger partial charge in [-0.15, -0.1) is 5.10 Å². The van der Waals surface area contributed by atoms with E-state index in [1.165, 1.54) is 5.56 Å². The van der Waals surface area contributed by atoms with Gasteiger partial charge in [-0.25, -0.2) is 4.68 Å². The van der Waals surface area contributed by atoms with Gasteiger partial charge in [-0.05, 0) is 31.0 Å². The van der Waals surface area contributed by atoms with Gasteiger partial charge >= 0.3 is 0 Å². The highest BCUT2D eigenvalue weighted by molar-refractivity contribution is 5.80. The van der Waals surface area contributed by atoms with Crippen molar-refractivity contribution < 1.29 is 4.79 Å². The van der Waals surface area contributed by atoms with Gasteiger partial charge in [-0.3, -0.25) is 4.79 Å². The van der Waals surface area contributed by atoms with E-state index in [4.69, 9.17) is 0 Å². The summed E-state index contributed by atoms with van der Waals surface area (Å²) in [5.41, 5.74) is 4.00. The third-order valence-electron chi connectivity index (χ3n) is 3.94. The number of para-hydroxylation sites is 1. The quantitative estimate of drug-likeness (QED) is 0.788. The molecule has 5 heteroatoms. The van der Waals surface area contributed by atoms with Crippen LogP contribution >= 0.6 is 0 Å². The summed E-state index contributed by atoms with van der Waals surface area (Å²) in [5, 5.41) is 11.2. The molecule has 3 rings (SSSR count). The molecular weight excluding hydrogens is 288 g/mol. The van der Waals surface area contributed by atoms with Crippen LogP contribution in [0.3, 0.4) is 0 Å². The molecule has 5 nitrogen and oxygen atoms in total. The fourth-order valence-corrected chi connectivity index (χ4v) is 2.63. The Kier molecular flexibility index (Phi) is 4.37. The van der Waals surface area contributed by atoms with Crippen LogP contribution in [0.1, 0.15) is 30.5 Å². The zero-order valence-electron chi connectivity index (χ0n) is 13.4. The maximum Gasteiger partial charge on any atom is 0.242 e. The fraction of sp³-hybridized carbons (Fsp3) is 0.278. The number of rotatable bonds is 5. The number of nitrogens with one attached hydrogen (secondary N) is 1. The largest absolute Gasteiger partial charge is 0.348 e. The zero-order valence-corrected chi connectivity index (χ0v) is 13.4. The Morgan fingerprint density at radius 3 is 2.65 bits per heavy atom. The van der Waals surface area contributed by atoms with Gasteiger partial charge in [0.2, 0.25) is 5.91 Å². The van der Waals surface area contributed by atoms with Crippen LogP contribution in [0.5, 0.6) is 0 Å². The molecule has 0 saturated carbocycles. The third kappa shape index (κ3) is 3.39. The SMILES string of the molecule is CC[C@H](NC(=O)Cn1nnc2ccccc21)c1ccc(C)cc1. The average Bonchev–Trinajstić information content (AvgIpc) is 2.97. The summed E-state index contributed by atoms with van der Waals surface area (Å²) in [5.74, 6) is -0.0620. The van der Waals surface area contributed by atoms with E-state index >= 15 is 0 Å². The molecule has 0 aliphatic heterocycles. The molecule has 1 amide bonds. The van der Waals surface area contributed by atoms with Crippen molar-refractivity contribution in [3.05, 3.63) is 59.7 Å². The molecule has 0 fully saturated rings. The van der Waals surface area contributed by atoms with Crippen molar-refractivity contribution in [3.8, 4) is 0 Å². The molecule has 1 aromatic heterocycles. The minimum absolute atomic E-state index is 0.0119. The molecule has 0 aliphatic carbocycles. The van der Waals surface area contributed by atoms with Crippen LogP contribution in [-0.4, -0.2) is 20.9 Å². The molecule has 1 N–H and O–H groups in total. The van der Waals surface area contributed by atoms with Gasteiger partial charge in [0.15, 0.2) is 0 Å². The monoisotopic (exact) mass is 308 g/mol. The molecule has 0 aliphatic rings. The van der Waals surface area contributed by atoms with E-state index in [0.717, 1.165) is 23.0 Å². The van der Waals surface area contributed by atoms with E-state index in [9.17, 15) is 4.79 Å². The number of aryl methyl sites for hydroxylation is 1. The zero-order chi connectivity index (χ0) is 16.2. The van der Waals surface area contributed by atoms with E-state index in [-0.39, 0.29) is 18.5 Å². The normalized spacial score (nSPS) is 12.3.